The molecule has 3 nitrogen and oxygen atoms in total. The van der Waals surface area contributed by atoms with Crippen molar-refractivity contribution in [2.75, 3.05) is 4.72 Å². The number of rotatable bonds is 3. The normalized spacial score (nSPS) is 11.5. The second-order valence-electron chi connectivity index (χ2n) is 4.57. The minimum absolute atomic E-state index is 0.0833. The lowest BCUT2D eigenvalue weighted by molar-refractivity contribution is 0.597. The highest BCUT2D eigenvalue weighted by Gasteiger charge is 2.20. The van der Waals surface area contributed by atoms with E-state index in [1.807, 2.05) is 6.92 Å². The number of anilines is 1. The summed E-state index contributed by atoms with van der Waals surface area (Å²) in [5.41, 5.74) is 1.18. The monoisotopic (exact) mass is 435 g/mol. The van der Waals surface area contributed by atoms with Gasteiger partial charge in [-0.2, -0.15) is 0 Å². The minimum Gasteiger partial charge on any atom is -0.275 e. The molecule has 0 amide bonds. The Balaban J connectivity index is 2.47. The van der Waals surface area contributed by atoms with Gasteiger partial charge in [-0.1, -0.05) is 33.6 Å². The van der Waals surface area contributed by atoms with Crippen LogP contribution in [0.2, 0.25) is 0 Å². The van der Waals surface area contributed by atoms with Gasteiger partial charge in [0.2, 0.25) is 0 Å². The van der Waals surface area contributed by atoms with Crippen LogP contribution in [0.4, 0.5) is 10.1 Å². The lowest BCUT2D eigenvalue weighted by Gasteiger charge is -2.13. The summed E-state index contributed by atoms with van der Waals surface area (Å²) in [6, 6.07) is 7.94. The van der Waals surface area contributed by atoms with Gasteiger partial charge in [0.15, 0.2) is 5.82 Å². The Bertz CT molecular complexity index is 790. The molecular formula is C14H12Br2FNO2S. The van der Waals surface area contributed by atoms with Crippen molar-refractivity contribution in [3.8, 4) is 0 Å². The molecule has 0 saturated carbocycles. The molecule has 7 heteroatoms. The third-order valence-electron chi connectivity index (χ3n) is 2.97. The van der Waals surface area contributed by atoms with Crippen LogP contribution in [-0.4, -0.2) is 8.42 Å². The van der Waals surface area contributed by atoms with Gasteiger partial charge in [-0.25, -0.2) is 12.8 Å². The summed E-state index contributed by atoms with van der Waals surface area (Å²) in [6.45, 7) is 3.42. The Morgan fingerprint density at radius 3 is 2.19 bits per heavy atom. The number of halogens is 3. The third kappa shape index (κ3) is 3.46. The van der Waals surface area contributed by atoms with E-state index in [1.54, 1.807) is 25.1 Å². The number of nitrogens with one attached hydrogen (secondary N) is 1. The molecule has 0 aromatic heterocycles. The topological polar surface area (TPSA) is 46.2 Å². The lowest BCUT2D eigenvalue weighted by Crippen LogP contribution is -2.15. The molecule has 0 bridgehead atoms. The van der Waals surface area contributed by atoms with E-state index in [9.17, 15) is 12.8 Å². The molecule has 0 radical (unpaired) electrons. The maximum Gasteiger partial charge on any atom is 0.262 e. The van der Waals surface area contributed by atoms with Gasteiger partial charge in [-0.15, -0.1) is 0 Å². The highest BCUT2D eigenvalue weighted by Crippen LogP contribution is 2.34. The molecule has 0 heterocycles. The van der Waals surface area contributed by atoms with E-state index in [-0.39, 0.29) is 10.6 Å². The summed E-state index contributed by atoms with van der Waals surface area (Å²) in [6.07, 6.45) is 0. The molecule has 0 spiro atoms. The lowest BCUT2D eigenvalue weighted by atomic mass is 10.2. The highest BCUT2D eigenvalue weighted by molar-refractivity contribution is 9.11. The predicted molar refractivity (Wildman–Crippen MR) is 88.5 cm³/mol. The van der Waals surface area contributed by atoms with E-state index in [4.69, 9.17) is 0 Å². The van der Waals surface area contributed by atoms with Crippen molar-refractivity contribution in [2.45, 2.75) is 18.7 Å². The molecule has 21 heavy (non-hydrogen) atoms. The van der Waals surface area contributed by atoms with Crippen LogP contribution in [0.5, 0.6) is 0 Å². The minimum atomic E-state index is -3.84. The van der Waals surface area contributed by atoms with E-state index in [2.05, 4.69) is 36.6 Å². The Kier molecular flexibility index (Phi) is 4.75. The molecule has 0 aliphatic heterocycles. The zero-order valence-corrected chi connectivity index (χ0v) is 15.2. The van der Waals surface area contributed by atoms with Crippen molar-refractivity contribution in [3.63, 3.8) is 0 Å². The van der Waals surface area contributed by atoms with Crippen molar-refractivity contribution >= 4 is 47.6 Å². The summed E-state index contributed by atoms with van der Waals surface area (Å²) < 4.78 is 42.0. The fourth-order valence-corrected chi connectivity index (χ4v) is 4.12. The van der Waals surface area contributed by atoms with Gasteiger partial charge >= 0.3 is 0 Å². The average molecular weight is 437 g/mol. The third-order valence-corrected chi connectivity index (χ3v) is 5.78. The van der Waals surface area contributed by atoms with Gasteiger partial charge in [-0.05, 0) is 48.0 Å². The molecule has 0 aliphatic carbocycles. The van der Waals surface area contributed by atoms with Crippen LogP contribution >= 0.6 is 31.9 Å². The van der Waals surface area contributed by atoms with E-state index in [0.29, 0.717) is 14.5 Å². The molecule has 2 aromatic carbocycles. The first-order valence-corrected chi connectivity index (χ1v) is 9.03. The summed E-state index contributed by atoms with van der Waals surface area (Å²) in [5.74, 6) is -0.619. The number of sulfonamides is 1. The Labute approximate surface area is 139 Å². The van der Waals surface area contributed by atoms with Crippen LogP contribution in [0.25, 0.3) is 0 Å². The van der Waals surface area contributed by atoms with E-state index in [1.165, 1.54) is 12.1 Å². The van der Waals surface area contributed by atoms with Crippen molar-refractivity contribution in [3.05, 3.63) is 56.2 Å². The van der Waals surface area contributed by atoms with Crippen LogP contribution in [0.3, 0.4) is 0 Å². The second kappa shape index (κ2) is 6.06. The zero-order chi connectivity index (χ0) is 15.8. The summed E-state index contributed by atoms with van der Waals surface area (Å²) in [5, 5.41) is 0. The molecule has 0 saturated heterocycles. The van der Waals surface area contributed by atoms with Crippen molar-refractivity contribution in [1.82, 2.24) is 0 Å². The zero-order valence-electron chi connectivity index (χ0n) is 11.2. The smallest absolute Gasteiger partial charge is 0.262 e. The fourth-order valence-electron chi connectivity index (χ4n) is 1.69. The summed E-state index contributed by atoms with van der Waals surface area (Å²) >= 11 is 6.39. The molecule has 2 aromatic rings. The maximum atomic E-state index is 14.2. The van der Waals surface area contributed by atoms with Gasteiger partial charge in [-0.3, -0.25) is 4.72 Å². The van der Waals surface area contributed by atoms with Gasteiger partial charge in [0.1, 0.15) is 0 Å². The second-order valence-corrected chi connectivity index (χ2v) is 7.96. The Hall–Kier alpha value is -0.920. The number of aryl methyl sites for hydroxylation is 1. The molecule has 1 N–H and O–H groups in total. The Morgan fingerprint density at radius 1 is 1.05 bits per heavy atom. The standard InChI is InChI=1S/C14H12Br2FNO2S/c1-8-3-5-10(6-4-8)21(19,20)18-14-12(16)7-11(15)9(2)13(14)17/h3-7,18H,1-2H3. The SMILES string of the molecule is Cc1ccc(S(=O)(=O)Nc2c(Br)cc(Br)c(C)c2F)cc1. The predicted octanol–water partition coefficient (Wildman–Crippen LogP) is 4.77. The Morgan fingerprint density at radius 2 is 1.62 bits per heavy atom. The van der Waals surface area contributed by atoms with Gasteiger partial charge < -0.3 is 0 Å². The maximum absolute atomic E-state index is 14.2. The molecular weight excluding hydrogens is 425 g/mol. The van der Waals surface area contributed by atoms with Gasteiger partial charge in [0.05, 0.1) is 10.6 Å². The molecule has 2 rings (SSSR count). The molecule has 0 fully saturated rings. The summed E-state index contributed by atoms with van der Waals surface area (Å²) in [7, 11) is -3.84. The molecule has 0 atom stereocenters. The fraction of sp³-hybridized carbons (Fsp3) is 0.143. The first kappa shape index (κ1) is 16.5. The van der Waals surface area contributed by atoms with E-state index in [0.717, 1.165) is 5.56 Å². The number of hydrogen-bond acceptors (Lipinski definition) is 2. The average Bonchev–Trinajstić information content (AvgIpc) is 2.42. The van der Waals surface area contributed by atoms with Crippen LogP contribution in [0.1, 0.15) is 11.1 Å². The van der Waals surface area contributed by atoms with E-state index < -0.39 is 15.8 Å². The number of benzene rings is 2. The van der Waals surface area contributed by atoms with Crippen LogP contribution in [0, 0.1) is 19.7 Å². The van der Waals surface area contributed by atoms with Gasteiger partial charge in [0, 0.05) is 14.5 Å². The largest absolute Gasteiger partial charge is 0.275 e. The molecule has 0 aliphatic rings. The molecule has 0 unspecified atom stereocenters. The highest BCUT2D eigenvalue weighted by atomic mass is 79.9. The van der Waals surface area contributed by atoms with Crippen LogP contribution in [0.15, 0.2) is 44.2 Å². The first-order chi connectivity index (χ1) is 9.72. The first-order valence-electron chi connectivity index (χ1n) is 5.96. The quantitative estimate of drug-likeness (QED) is 0.753. The molecule has 112 valence electrons. The van der Waals surface area contributed by atoms with E-state index >= 15 is 0 Å². The van der Waals surface area contributed by atoms with Crippen LogP contribution < -0.4 is 4.72 Å². The summed E-state index contributed by atoms with van der Waals surface area (Å²) in [4.78, 5) is 0.0833. The number of hydrogen-bond donors (Lipinski definition) is 1. The van der Waals surface area contributed by atoms with Crippen LogP contribution in [-0.2, 0) is 10.0 Å². The van der Waals surface area contributed by atoms with Gasteiger partial charge in [0.25, 0.3) is 10.0 Å². The van der Waals surface area contributed by atoms with Crippen molar-refractivity contribution in [2.24, 2.45) is 0 Å². The van der Waals surface area contributed by atoms with Crippen molar-refractivity contribution in [1.29, 1.82) is 0 Å². The van der Waals surface area contributed by atoms with Crippen molar-refractivity contribution < 1.29 is 12.8 Å².